The Labute approximate surface area is 143 Å². The number of rotatable bonds is 6. The van der Waals surface area contributed by atoms with E-state index in [1.165, 1.54) is 36.8 Å². The predicted octanol–water partition coefficient (Wildman–Crippen LogP) is 5.42. The second-order valence-electron chi connectivity index (χ2n) is 6.52. The molecule has 0 saturated carbocycles. The van der Waals surface area contributed by atoms with Crippen LogP contribution in [0.4, 0.5) is 0 Å². The van der Waals surface area contributed by atoms with E-state index in [0.29, 0.717) is 0 Å². The molecule has 1 heterocycles. The van der Waals surface area contributed by atoms with Gasteiger partial charge < -0.3 is 0 Å². The molecule has 0 spiro atoms. The summed E-state index contributed by atoms with van der Waals surface area (Å²) in [6.45, 7) is 4.29. The molecule has 124 valence electrons. The average molecular weight is 319 g/mol. The topological polar surface area (TPSA) is 22.0 Å². The number of hydrogen-bond acceptors (Lipinski definition) is 1. The third-order valence-corrected chi connectivity index (χ3v) is 4.62. The fourth-order valence-electron chi connectivity index (χ4n) is 3.20. The fourth-order valence-corrected chi connectivity index (χ4v) is 3.20. The molecule has 1 aromatic heterocycles. The van der Waals surface area contributed by atoms with Crippen molar-refractivity contribution in [1.82, 2.24) is 4.57 Å². The molecule has 2 heteroatoms. The molecule has 0 N–H and O–H groups in total. The second-order valence-corrected chi connectivity index (χ2v) is 6.52. The number of fused-ring (bicyclic) bond motifs is 1. The summed E-state index contributed by atoms with van der Waals surface area (Å²) in [4.78, 5) is 12.9. The third kappa shape index (κ3) is 3.43. The van der Waals surface area contributed by atoms with Crippen LogP contribution in [-0.4, -0.2) is 4.57 Å². The summed E-state index contributed by atoms with van der Waals surface area (Å²) in [5.74, 6) is 0. The Hall–Kier alpha value is -2.35. The quantitative estimate of drug-likeness (QED) is 0.556. The van der Waals surface area contributed by atoms with E-state index >= 15 is 0 Å². The minimum atomic E-state index is 0.0618. The van der Waals surface area contributed by atoms with Crippen LogP contribution in [0.3, 0.4) is 0 Å². The summed E-state index contributed by atoms with van der Waals surface area (Å²) in [7, 11) is 0. The fraction of sp³-hybridized carbons (Fsp3) is 0.318. The minimum Gasteiger partial charge on any atom is -0.283 e. The molecule has 0 fully saturated rings. The highest BCUT2D eigenvalue weighted by Gasteiger charge is 2.09. The van der Waals surface area contributed by atoms with E-state index in [2.05, 4.69) is 32.0 Å². The largest absolute Gasteiger partial charge is 0.283 e. The van der Waals surface area contributed by atoms with Crippen LogP contribution in [-0.2, 0) is 6.42 Å². The van der Waals surface area contributed by atoms with Crippen molar-refractivity contribution in [2.24, 2.45) is 0 Å². The summed E-state index contributed by atoms with van der Waals surface area (Å²) in [5, 5.41) is 1.91. The van der Waals surface area contributed by atoms with Crippen molar-refractivity contribution in [3.8, 4) is 5.69 Å². The second kappa shape index (κ2) is 7.48. The van der Waals surface area contributed by atoms with E-state index in [4.69, 9.17) is 0 Å². The molecule has 0 aliphatic heterocycles. The van der Waals surface area contributed by atoms with Gasteiger partial charge in [-0.05, 0) is 48.9 Å². The third-order valence-electron chi connectivity index (χ3n) is 4.62. The summed E-state index contributed by atoms with van der Waals surface area (Å²) >= 11 is 0. The zero-order valence-electron chi connectivity index (χ0n) is 14.6. The average Bonchev–Trinajstić information content (AvgIpc) is 2.61. The summed E-state index contributed by atoms with van der Waals surface area (Å²) < 4.78 is 1.80. The van der Waals surface area contributed by atoms with Gasteiger partial charge in [0.2, 0.25) is 0 Å². The van der Waals surface area contributed by atoms with Crippen LogP contribution in [0.1, 0.15) is 43.7 Å². The first-order valence-corrected chi connectivity index (χ1v) is 8.91. The highest BCUT2D eigenvalue weighted by molar-refractivity contribution is 5.85. The minimum absolute atomic E-state index is 0.0618. The van der Waals surface area contributed by atoms with Crippen LogP contribution in [0.15, 0.2) is 59.5 Å². The lowest BCUT2D eigenvalue weighted by Gasteiger charge is -2.13. The van der Waals surface area contributed by atoms with Crippen LogP contribution in [0, 0.1) is 6.92 Å². The molecule has 0 radical (unpaired) electrons. The summed E-state index contributed by atoms with van der Waals surface area (Å²) in [6.07, 6.45) is 7.99. The molecule has 24 heavy (non-hydrogen) atoms. The van der Waals surface area contributed by atoms with Crippen molar-refractivity contribution in [2.75, 3.05) is 0 Å². The summed E-state index contributed by atoms with van der Waals surface area (Å²) in [5.41, 5.74) is 3.46. The van der Waals surface area contributed by atoms with E-state index in [9.17, 15) is 4.79 Å². The van der Waals surface area contributed by atoms with Crippen molar-refractivity contribution in [1.29, 1.82) is 0 Å². The zero-order valence-corrected chi connectivity index (χ0v) is 14.6. The number of benzene rings is 2. The maximum atomic E-state index is 12.9. The first-order chi connectivity index (χ1) is 11.7. The van der Waals surface area contributed by atoms with Gasteiger partial charge >= 0.3 is 0 Å². The van der Waals surface area contributed by atoms with Crippen LogP contribution >= 0.6 is 0 Å². The molecule has 0 unspecified atom stereocenters. The highest BCUT2D eigenvalue weighted by atomic mass is 16.1. The van der Waals surface area contributed by atoms with Gasteiger partial charge in [0, 0.05) is 17.3 Å². The Bertz CT molecular complexity index is 875. The van der Waals surface area contributed by atoms with Crippen LogP contribution in [0.2, 0.25) is 0 Å². The normalized spacial score (nSPS) is 11.1. The molecule has 2 nitrogen and oxygen atoms in total. The molecule has 0 aliphatic rings. The zero-order chi connectivity index (χ0) is 16.9. The van der Waals surface area contributed by atoms with Gasteiger partial charge in [0.1, 0.15) is 0 Å². The number of nitrogens with zero attached hydrogens (tertiary/aromatic N) is 1. The Balaban J connectivity index is 2.07. The van der Waals surface area contributed by atoms with Gasteiger partial charge in [-0.2, -0.15) is 0 Å². The lowest BCUT2D eigenvalue weighted by Crippen LogP contribution is -2.19. The van der Waals surface area contributed by atoms with Gasteiger partial charge in [0.05, 0.1) is 0 Å². The Morgan fingerprint density at radius 3 is 2.29 bits per heavy atom. The molecule has 0 amide bonds. The first kappa shape index (κ1) is 16.5. The van der Waals surface area contributed by atoms with Crippen molar-refractivity contribution in [2.45, 2.75) is 46.0 Å². The molecular weight excluding hydrogens is 294 g/mol. The van der Waals surface area contributed by atoms with Gasteiger partial charge in [-0.15, -0.1) is 0 Å². The van der Waals surface area contributed by atoms with Crippen LogP contribution in [0.5, 0.6) is 0 Å². The first-order valence-electron chi connectivity index (χ1n) is 8.91. The molecule has 0 aliphatic carbocycles. The Morgan fingerprint density at radius 2 is 1.58 bits per heavy atom. The lowest BCUT2D eigenvalue weighted by molar-refractivity contribution is 0.666. The van der Waals surface area contributed by atoms with Crippen molar-refractivity contribution in [3.05, 3.63) is 76.2 Å². The maximum Gasteiger partial charge on any atom is 0.262 e. The number of aromatic nitrogens is 1. The van der Waals surface area contributed by atoms with E-state index in [0.717, 1.165) is 22.9 Å². The molecule has 3 rings (SSSR count). The number of aryl methyl sites for hydroxylation is 2. The highest BCUT2D eigenvalue weighted by Crippen LogP contribution is 2.20. The molecular formula is C22H25NO. The standard InChI is InChI=1S/C22H25NO/c1-3-4-5-6-9-18-16-23(19-14-12-17(2)13-15-19)22(24)21-11-8-7-10-20(18)21/h7-8,10-16H,3-6,9H2,1-2H3. The number of unbranched alkanes of at least 4 members (excludes halogenated alkanes) is 3. The predicted molar refractivity (Wildman–Crippen MR) is 102 cm³/mol. The van der Waals surface area contributed by atoms with E-state index < -0.39 is 0 Å². The lowest BCUT2D eigenvalue weighted by atomic mass is 10.0. The van der Waals surface area contributed by atoms with Gasteiger partial charge in [0.25, 0.3) is 5.56 Å². The summed E-state index contributed by atoms with van der Waals surface area (Å²) in [6, 6.07) is 16.1. The monoisotopic (exact) mass is 319 g/mol. The Morgan fingerprint density at radius 1 is 0.875 bits per heavy atom. The van der Waals surface area contributed by atoms with Gasteiger partial charge in [-0.3, -0.25) is 9.36 Å². The molecule has 2 aromatic carbocycles. The maximum absolute atomic E-state index is 12.9. The SMILES string of the molecule is CCCCCCc1cn(-c2ccc(C)cc2)c(=O)c2ccccc12. The van der Waals surface area contributed by atoms with Crippen LogP contribution < -0.4 is 5.56 Å². The van der Waals surface area contributed by atoms with Gasteiger partial charge in [-0.25, -0.2) is 0 Å². The number of hydrogen-bond donors (Lipinski definition) is 0. The van der Waals surface area contributed by atoms with E-state index in [-0.39, 0.29) is 5.56 Å². The molecule has 0 bridgehead atoms. The molecule has 0 saturated heterocycles. The number of pyridine rings is 1. The molecule has 0 atom stereocenters. The van der Waals surface area contributed by atoms with Crippen LogP contribution in [0.25, 0.3) is 16.5 Å². The van der Waals surface area contributed by atoms with Crippen molar-refractivity contribution in [3.63, 3.8) is 0 Å². The smallest absolute Gasteiger partial charge is 0.262 e. The van der Waals surface area contributed by atoms with E-state index in [1.54, 1.807) is 4.57 Å². The van der Waals surface area contributed by atoms with Crippen molar-refractivity contribution >= 4 is 10.8 Å². The molecule has 3 aromatic rings. The van der Waals surface area contributed by atoms with Gasteiger partial charge in [-0.1, -0.05) is 62.1 Å². The van der Waals surface area contributed by atoms with Crippen molar-refractivity contribution < 1.29 is 0 Å². The van der Waals surface area contributed by atoms with E-state index in [1.807, 2.05) is 36.5 Å². The van der Waals surface area contributed by atoms with Gasteiger partial charge in [0.15, 0.2) is 0 Å². The Kier molecular flexibility index (Phi) is 5.14.